The topological polar surface area (TPSA) is 83.5 Å². The SMILES string of the molecule is Cc1ccc(NS(=O)(=O)c2ccc(Cl)cc2)cc1C(=O)O. The minimum Gasteiger partial charge on any atom is -0.478 e. The van der Waals surface area contributed by atoms with Crippen molar-refractivity contribution in [2.45, 2.75) is 11.8 Å². The summed E-state index contributed by atoms with van der Waals surface area (Å²) in [5.41, 5.74) is 0.788. The molecule has 0 bridgehead atoms. The molecule has 0 fully saturated rings. The number of sulfonamides is 1. The average molecular weight is 326 g/mol. The molecule has 2 aromatic carbocycles. The van der Waals surface area contributed by atoms with Gasteiger partial charge in [-0.3, -0.25) is 4.72 Å². The van der Waals surface area contributed by atoms with E-state index in [1.165, 1.54) is 36.4 Å². The smallest absolute Gasteiger partial charge is 0.336 e. The Bertz CT molecular complexity index is 785. The molecule has 0 aromatic heterocycles. The number of hydrogen-bond acceptors (Lipinski definition) is 3. The first-order valence-electron chi connectivity index (χ1n) is 5.92. The summed E-state index contributed by atoms with van der Waals surface area (Å²) in [4.78, 5) is 11.1. The first-order chi connectivity index (χ1) is 9.79. The van der Waals surface area contributed by atoms with Crippen LogP contribution < -0.4 is 4.72 Å². The number of rotatable bonds is 4. The zero-order chi connectivity index (χ0) is 15.6. The molecule has 0 saturated carbocycles. The van der Waals surface area contributed by atoms with Gasteiger partial charge in [0.1, 0.15) is 0 Å². The lowest BCUT2D eigenvalue weighted by atomic mass is 10.1. The molecule has 2 N–H and O–H groups in total. The molecule has 110 valence electrons. The van der Waals surface area contributed by atoms with Crippen molar-refractivity contribution in [2.24, 2.45) is 0 Å². The van der Waals surface area contributed by atoms with Crippen LogP contribution in [0.15, 0.2) is 47.4 Å². The molecule has 0 aliphatic rings. The van der Waals surface area contributed by atoms with Crippen LogP contribution in [-0.2, 0) is 10.0 Å². The molecule has 0 unspecified atom stereocenters. The molecule has 7 heteroatoms. The lowest BCUT2D eigenvalue weighted by Crippen LogP contribution is -2.13. The van der Waals surface area contributed by atoms with Crippen LogP contribution in [0.25, 0.3) is 0 Å². The van der Waals surface area contributed by atoms with E-state index in [4.69, 9.17) is 16.7 Å². The van der Waals surface area contributed by atoms with Crippen molar-refractivity contribution in [2.75, 3.05) is 4.72 Å². The zero-order valence-electron chi connectivity index (χ0n) is 11.0. The Balaban J connectivity index is 2.35. The van der Waals surface area contributed by atoms with Crippen LogP contribution in [0.2, 0.25) is 5.02 Å². The quantitative estimate of drug-likeness (QED) is 0.904. The highest BCUT2D eigenvalue weighted by Crippen LogP contribution is 2.20. The maximum atomic E-state index is 12.2. The largest absolute Gasteiger partial charge is 0.478 e. The summed E-state index contributed by atoms with van der Waals surface area (Å²) in [6, 6.07) is 10.0. The standard InChI is InChI=1S/C14H12ClNO4S/c1-9-2-5-11(8-13(9)14(17)18)16-21(19,20)12-6-3-10(15)4-7-12/h2-8,16H,1H3,(H,17,18). The molecule has 0 aliphatic heterocycles. The fourth-order valence-corrected chi connectivity index (χ4v) is 2.92. The molecule has 0 amide bonds. The lowest BCUT2D eigenvalue weighted by molar-refractivity contribution is 0.0696. The van der Waals surface area contributed by atoms with Crippen LogP contribution in [0, 0.1) is 6.92 Å². The van der Waals surface area contributed by atoms with Gasteiger partial charge in [-0.1, -0.05) is 17.7 Å². The maximum absolute atomic E-state index is 12.2. The van der Waals surface area contributed by atoms with E-state index in [-0.39, 0.29) is 16.1 Å². The summed E-state index contributed by atoms with van der Waals surface area (Å²) >= 11 is 5.71. The molecule has 0 radical (unpaired) electrons. The van der Waals surface area contributed by atoms with Crippen molar-refractivity contribution >= 4 is 33.3 Å². The van der Waals surface area contributed by atoms with Crippen molar-refractivity contribution in [3.63, 3.8) is 0 Å². The highest BCUT2D eigenvalue weighted by atomic mass is 35.5. The Morgan fingerprint density at radius 3 is 2.33 bits per heavy atom. The van der Waals surface area contributed by atoms with Crippen LogP contribution >= 0.6 is 11.6 Å². The molecule has 0 saturated heterocycles. The first-order valence-corrected chi connectivity index (χ1v) is 7.78. The Morgan fingerprint density at radius 2 is 1.76 bits per heavy atom. The fraction of sp³-hybridized carbons (Fsp3) is 0.0714. The van der Waals surface area contributed by atoms with Crippen LogP contribution in [0.3, 0.4) is 0 Å². The van der Waals surface area contributed by atoms with Gasteiger partial charge < -0.3 is 5.11 Å². The molecule has 0 spiro atoms. The number of anilines is 1. The second-order valence-corrected chi connectivity index (χ2v) is 6.51. The third-order valence-electron chi connectivity index (χ3n) is 2.84. The highest BCUT2D eigenvalue weighted by Gasteiger charge is 2.15. The Hall–Kier alpha value is -2.05. The summed E-state index contributed by atoms with van der Waals surface area (Å²) in [6.07, 6.45) is 0. The molecular weight excluding hydrogens is 314 g/mol. The van der Waals surface area contributed by atoms with Crippen molar-refractivity contribution < 1.29 is 18.3 Å². The highest BCUT2D eigenvalue weighted by molar-refractivity contribution is 7.92. The van der Waals surface area contributed by atoms with Crippen LogP contribution in [0.4, 0.5) is 5.69 Å². The van der Waals surface area contributed by atoms with Gasteiger partial charge in [0.05, 0.1) is 10.5 Å². The normalized spacial score (nSPS) is 11.1. The van der Waals surface area contributed by atoms with Gasteiger partial charge in [0.25, 0.3) is 10.0 Å². The molecule has 5 nitrogen and oxygen atoms in total. The van der Waals surface area contributed by atoms with Crippen LogP contribution in [0.5, 0.6) is 0 Å². The Labute approximate surface area is 127 Å². The molecule has 2 rings (SSSR count). The van der Waals surface area contributed by atoms with E-state index in [2.05, 4.69) is 4.72 Å². The van der Waals surface area contributed by atoms with E-state index in [0.29, 0.717) is 10.6 Å². The Morgan fingerprint density at radius 1 is 1.14 bits per heavy atom. The van der Waals surface area contributed by atoms with Crippen molar-refractivity contribution in [1.29, 1.82) is 0 Å². The van der Waals surface area contributed by atoms with Crippen LogP contribution in [0.1, 0.15) is 15.9 Å². The van der Waals surface area contributed by atoms with E-state index in [1.807, 2.05) is 0 Å². The van der Waals surface area contributed by atoms with E-state index in [0.717, 1.165) is 0 Å². The molecule has 0 heterocycles. The summed E-state index contributed by atoms with van der Waals surface area (Å²) in [6.45, 7) is 1.64. The van der Waals surface area contributed by atoms with E-state index < -0.39 is 16.0 Å². The van der Waals surface area contributed by atoms with Gasteiger partial charge in [0.2, 0.25) is 0 Å². The van der Waals surface area contributed by atoms with Gasteiger partial charge in [-0.25, -0.2) is 13.2 Å². The monoisotopic (exact) mass is 325 g/mol. The van der Waals surface area contributed by atoms with Crippen molar-refractivity contribution in [3.8, 4) is 0 Å². The number of aryl methyl sites for hydroxylation is 1. The van der Waals surface area contributed by atoms with Gasteiger partial charge in [-0.2, -0.15) is 0 Å². The summed E-state index contributed by atoms with van der Waals surface area (Å²) in [5.74, 6) is -1.11. The second-order valence-electron chi connectivity index (χ2n) is 4.39. The minimum absolute atomic E-state index is 0.0457. The predicted molar refractivity (Wildman–Crippen MR) is 80.4 cm³/mol. The third kappa shape index (κ3) is 3.53. The molecule has 0 aliphatic carbocycles. The van der Waals surface area contributed by atoms with Crippen molar-refractivity contribution in [3.05, 3.63) is 58.6 Å². The molecular formula is C14H12ClNO4S. The van der Waals surface area contributed by atoms with Gasteiger partial charge in [-0.15, -0.1) is 0 Å². The van der Waals surface area contributed by atoms with E-state index >= 15 is 0 Å². The van der Waals surface area contributed by atoms with Crippen LogP contribution in [-0.4, -0.2) is 19.5 Å². The molecule has 21 heavy (non-hydrogen) atoms. The molecule has 2 aromatic rings. The zero-order valence-corrected chi connectivity index (χ0v) is 12.6. The number of halogens is 1. The van der Waals surface area contributed by atoms with Gasteiger partial charge in [0.15, 0.2) is 0 Å². The van der Waals surface area contributed by atoms with Gasteiger partial charge in [-0.05, 0) is 48.9 Å². The lowest BCUT2D eigenvalue weighted by Gasteiger charge is -2.10. The predicted octanol–water partition coefficient (Wildman–Crippen LogP) is 3.15. The number of carboxylic acid groups (broad SMARTS) is 1. The Kier molecular flexibility index (Phi) is 4.20. The number of aromatic carboxylic acids is 1. The molecule has 0 atom stereocenters. The second kappa shape index (κ2) is 5.75. The van der Waals surface area contributed by atoms with Gasteiger partial charge in [0, 0.05) is 10.7 Å². The number of nitrogens with one attached hydrogen (secondary N) is 1. The third-order valence-corrected chi connectivity index (χ3v) is 4.49. The number of carbonyl (C=O) groups is 1. The summed E-state index contributed by atoms with van der Waals surface area (Å²) in [5, 5.41) is 9.47. The number of benzene rings is 2. The first kappa shape index (κ1) is 15.3. The minimum atomic E-state index is -3.79. The number of hydrogen-bond donors (Lipinski definition) is 2. The van der Waals surface area contributed by atoms with E-state index in [1.54, 1.807) is 13.0 Å². The summed E-state index contributed by atoms with van der Waals surface area (Å²) in [7, 11) is -3.79. The van der Waals surface area contributed by atoms with E-state index in [9.17, 15) is 13.2 Å². The summed E-state index contributed by atoms with van der Waals surface area (Å²) < 4.78 is 26.7. The van der Waals surface area contributed by atoms with Gasteiger partial charge >= 0.3 is 5.97 Å². The fourth-order valence-electron chi connectivity index (χ4n) is 1.74. The number of carboxylic acids is 1. The van der Waals surface area contributed by atoms with Crippen molar-refractivity contribution in [1.82, 2.24) is 0 Å². The average Bonchev–Trinajstić information content (AvgIpc) is 2.41. The maximum Gasteiger partial charge on any atom is 0.336 e.